The Kier molecular flexibility index (Phi) is 4.48. The summed E-state index contributed by atoms with van der Waals surface area (Å²) in [6.07, 6.45) is 1.67. The molecule has 96 valence electrons. The van der Waals surface area contributed by atoms with Crippen LogP contribution in [0, 0.1) is 0 Å². The standard InChI is InChI=1S/C13H13Br2NO2/c1-16-12(9-5-6-18-13(9)15)8-3-4-11(17-2)10(14)7-8/h3-7,12,16H,1-2H3. The van der Waals surface area contributed by atoms with Crippen molar-refractivity contribution >= 4 is 31.9 Å². The van der Waals surface area contributed by atoms with Crippen LogP contribution in [-0.2, 0) is 0 Å². The van der Waals surface area contributed by atoms with Gasteiger partial charge in [0.1, 0.15) is 5.75 Å². The second kappa shape index (κ2) is 5.91. The molecule has 1 atom stereocenters. The number of benzene rings is 1. The normalized spacial score (nSPS) is 12.4. The first kappa shape index (κ1) is 13.6. The van der Waals surface area contributed by atoms with Gasteiger partial charge in [0.05, 0.1) is 23.9 Å². The number of rotatable bonds is 4. The maximum atomic E-state index is 5.28. The predicted octanol–water partition coefficient (Wildman–Crippen LogP) is 4.12. The first-order valence-corrected chi connectivity index (χ1v) is 6.99. The molecule has 0 spiro atoms. The summed E-state index contributed by atoms with van der Waals surface area (Å²) in [6, 6.07) is 8.03. The summed E-state index contributed by atoms with van der Waals surface area (Å²) in [6.45, 7) is 0. The minimum absolute atomic E-state index is 0.0698. The average molecular weight is 375 g/mol. The van der Waals surface area contributed by atoms with Crippen molar-refractivity contribution in [2.24, 2.45) is 0 Å². The van der Waals surface area contributed by atoms with Gasteiger partial charge in [-0.05, 0) is 62.7 Å². The van der Waals surface area contributed by atoms with E-state index in [-0.39, 0.29) is 6.04 Å². The summed E-state index contributed by atoms with van der Waals surface area (Å²) in [7, 11) is 3.57. The van der Waals surface area contributed by atoms with Gasteiger partial charge in [-0.25, -0.2) is 0 Å². The van der Waals surface area contributed by atoms with Gasteiger partial charge in [0.15, 0.2) is 4.67 Å². The molecule has 1 unspecified atom stereocenters. The van der Waals surface area contributed by atoms with Crippen LogP contribution in [0.4, 0.5) is 0 Å². The van der Waals surface area contributed by atoms with Crippen LogP contribution in [0.1, 0.15) is 17.2 Å². The van der Waals surface area contributed by atoms with Crippen molar-refractivity contribution in [1.29, 1.82) is 0 Å². The maximum absolute atomic E-state index is 5.28. The highest BCUT2D eigenvalue weighted by Crippen LogP contribution is 2.33. The quantitative estimate of drug-likeness (QED) is 0.873. The van der Waals surface area contributed by atoms with Gasteiger partial charge in [-0.2, -0.15) is 0 Å². The Hall–Kier alpha value is -0.780. The average Bonchev–Trinajstić information content (AvgIpc) is 2.77. The lowest BCUT2D eigenvalue weighted by Crippen LogP contribution is -2.17. The lowest BCUT2D eigenvalue weighted by molar-refractivity contribution is 0.412. The van der Waals surface area contributed by atoms with Crippen molar-refractivity contribution in [2.45, 2.75) is 6.04 Å². The SMILES string of the molecule is CNC(c1ccc(OC)c(Br)c1)c1ccoc1Br. The third kappa shape index (κ3) is 2.63. The van der Waals surface area contributed by atoms with Crippen molar-refractivity contribution in [1.82, 2.24) is 5.32 Å². The minimum atomic E-state index is 0.0698. The first-order chi connectivity index (χ1) is 8.67. The fourth-order valence-electron chi connectivity index (χ4n) is 1.87. The molecule has 1 aromatic carbocycles. The van der Waals surface area contributed by atoms with Gasteiger partial charge in [0.2, 0.25) is 0 Å². The van der Waals surface area contributed by atoms with Gasteiger partial charge < -0.3 is 14.5 Å². The van der Waals surface area contributed by atoms with E-state index < -0.39 is 0 Å². The number of nitrogens with one attached hydrogen (secondary N) is 1. The van der Waals surface area contributed by atoms with Gasteiger partial charge in [-0.3, -0.25) is 0 Å². The van der Waals surface area contributed by atoms with Gasteiger partial charge in [-0.15, -0.1) is 0 Å². The molecule has 2 rings (SSSR count). The smallest absolute Gasteiger partial charge is 0.174 e. The van der Waals surface area contributed by atoms with E-state index in [0.717, 1.165) is 26.0 Å². The molecule has 0 fully saturated rings. The third-order valence-electron chi connectivity index (χ3n) is 2.75. The highest BCUT2D eigenvalue weighted by molar-refractivity contribution is 9.10. The van der Waals surface area contributed by atoms with Crippen LogP contribution in [0.5, 0.6) is 5.75 Å². The third-order valence-corrected chi connectivity index (χ3v) is 4.02. The molecule has 1 aromatic heterocycles. The first-order valence-electron chi connectivity index (χ1n) is 5.41. The van der Waals surface area contributed by atoms with E-state index in [1.807, 2.05) is 31.3 Å². The second-order valence-corrected chi connectivity index (χ2v) is 5.34. The van der Waals surface area contributed by atoms with E-state index >= 15 is 0 Å². The van der Waals surface area contributed by atoms with E-state index in [4.69, 9.17) is 9.15 Å². The Morgan fingerprint density at radius 2 is 2.06 bits per heavy atom. The largest absolute Gasteiger partial charge is 0.496 e. The second-order valence-electron chi connectivity index (χ2n) is 3.77. The molecule has 5 heteroatoms. The van der Waals surface area contributed by atoms with Crippen LogP contribution in [0.2, 0.25) is 0 Å². The molecule has 0 aliphatic carbocycles. The lowest BCUT2D eigenvalue weighted by Gasteiger charge is -2.16. The molecule has 1 N–H and O–H groups in total. The van der Waals surface area contributed by atoms with Crippen molar-refractivity contribution in [2.75, 3.05) is 14.2 Å². The minimum Gasteiger partial charge on any atom is -0.496 e. The molecule has 2 aromatic rings. The number of hydrogen-bond acceptors (Lipinski definition) is 3. The highest BCUT2D eigenvalue weighted by Gasteiger charge is 2.18. The molecule has 0 saturated carbocycles. The number of furan rings is 1. The number of hydrogen-bond donors (Lipinski definition) is 1. The van der Waals surface area contributed by atoms with Gasteiger partial charge >= 0.3 is 0 Å². The molecule has 0 saturated heterocycles. The van der Waals surface area contributed by atoms with Crippen molar-refractivity contribution in [3.63, 3.8) is 0 Å². The molecule has 0 aliphatic rings. The van der Waals surface area contributed by atoms with Crippen molar-refractivity contribution < 1.29 is 9.15 Å². The molecule has 0 radical (unpaired) electrons. The fourth-order valence-corrected chi connectivity index (χ4v) is 2.90. The zero-order valence-corrected chi connectivity index (χ0v) is 13.2. The van der Waals surface area contributed by atoms with Gasteiger partial charge in [0.25, 0.3) is 0 Å². The van der Waals surface area contributed by atoms with Crippen LogP contribution < -0.4 is 10.1 Å². The zero-order chi connectivity index (χ0) is 13.1. The van der Waals surface area contributed by atoms with E-state index in [0.29, 0.717) is 0 Å². The summed E-state index contributed by atoms with van der Waals surface area (Å²) in [5.41, 5.74) is 2.20. The summed E-state index contributed by atoms with van der Waals surface area (Å²) < 4.78 is 12.2. The predicted molar refractivity (Wildman–Crippen MR) is 78.0 cm³/mol. The Balaban J connectivity index is 2.40. The Morgan fingerprint density at radius 3 is 2.56 bits per heavy atom. The van der Waals surface area contributed by atoms with Crippen LogP contribution >= 0.6 is 31.9 Å². The molecule has 1 heterocycles. The van der Waals surface area contributed by atoms with E-state index in [1.54, 1.807) is 13.4 Å². The molecule has 0 amide bonds. The summed E-state index contributed by atoms with van der Waals surface area (Å²) in [5.74, 6) is 0.819. The lowest BCUT2D eigenvalue weighted by atomic mass is 10.0. The van der Waals surface area contributed by atoms with Crippen LogP contribution in [-0.4, -0.2) is 14.2 Å². The molecule has 0 bridgehead atoms. The fraction of sp³-hybridized carbons (Fsp3) is 0.231. The highest BCUT2D eigenvalue weighted by atomic mass is 79.9. The molecular formula is C13H13Br2NO2. The monoisotopic (exact) mass is 373 g/mol. The Labute approximate surface area is 123 Å². The molecule has 0 aliphatic heterocycles. The van der Waals surface area contributed by atoms with Crippen molar-refractivity contribution in [3.8, 4) is 5.75 Å². The summed E-state index contributed by atoms with van der Waals surface area (Å²) in [4.78, 5) is 0. The van der Waals surface area contributed by atoms with Gasteiger partial charge in [-0.1, -0.05) is 6.07 Å². The molecule has 3 nitrogen and oxygen atoms in total. The zero-order valence-electron chi connectivity index (χ0n) is 10.0. The van der Waals surface area contributed by atoms with Crippen LogP contribution in [0.25, 0.3) is 0 Å². The topological polar surface area (TPSA) is 34.4 Å². The van der Waals surface area contributed by atoms with E-state index in [2.05, 4.69) is 37.2 Å². The number of ether oxygens (including phenoxy) is 1. The van der Waals surface area contributed by atoms with Crippen molar-refractivity contribution in [3.05, 3.63) is 50.8 Å². The van der Waals surface area contributed by atoms with Gasteiger partial charge in [0, 0.05) is 5.56 Å². The van der Waals surface area contributed by atoms with E-state index in [9.17, 15) is 0 Å². The number of methoxy groups -OCH3 is 1. The number of halogens is 2. The van der Waals surface area contributed by atoms with Crippen LogP contribution in [0.15, 0.2) is 44.1 Å². The van der Waals surface area contributed by atoms with E-state index in [1.165, 1.54) is 0 Å². The summed E-state index contributed by atoms with van der Waals surface area (Å²) in [5, 5.41) is 3.27. The Bertz CT molecular complexity index is 540. The summed E-state index contributed by atoms with van der Waals surface area (Å²) >= 11 is 6.91. The maximum Gasteiger partial charge on any atom is 0.174 e. The molecule has 18 heavy (non-hydrogen) atoms. The Morgan fingerprint density at radius 1 is 1.28 bits per heavy atom. The molecular weight excluding hydrogens is 362 g/mol. The van der Waals surface area contributed by atoms with Crippen LogP contribution in [0.3, 0.4) is 0 Å².